The molecule has 1 heterocycles. The van der Waals surface area contributed by atoms with E-state index in [-0.39, 0.29) is 18.5 Å². The summed E-state index contributed by atoms with van der Waals surface area (Å²) in [6.07, 6.45) is 2.32. The molecule has 0 N–H and O–H groups in total. The number of hydrogen-bond donors (Lipinski definition) is 0. The van der Waals surface area contributed by atoms with Gasteiger partial charge in [-0.3, -0.25) is 4.79 Å². The molecule has 0 bridgehead atoms. The van der Waals surface area contributed by atoms with Crippen LogP contribution < -0.4 is 0 Å². The number of hydrogen-bond acceptors (Lipinski definition) is 3. The van der Waals surface area contributed by atoms with E-state index in [1.54, 1.807) is 0 Å². The minimum atomic E-state index is 0.0427. The normalized spacial score (nSPS) is 19.5. The summed E-state index contributed by atoms with van der Waals surface area (Å²) in [4.78, 5) is 11.9. The van der Waals surface area contributed by atoms with Gasteiger partial charge in [-0.15, -0.1) is 0 Å². The van der Waals surface area contributed by atoms with Crippen LogP contribution in [0.1, 0.15) is 28.8 Å². The highest BCUT2D eigenvalue weighted by molar-refractivity contribution is 5.98. The average molecular weight is 234 g/mol. The Hall–Kier alpha value is -1.19. The minimum absolute atomic E-state index is 0.0427. The second-order valence-electron chi connectivity index (χ2n) is 4.39. The van der Waals surface area contributed by atoms with Gasteiger partial charge in [-0.1, -0.05) is 24.3 Å². The molecule has 0 radical (unpaired) electrons. The summed E-state index contributed by atoms with van der Waals surface area (Å²) in [6.45, 7) is 3.43. The molecule has 92 valence electrons. The maximum atomic E-state index is 11.9. The van der Waals surface area contributed by atoms with Gasteiger partial charge in [-0.05, 0) is 25.3 Å². The van der Waals surface area contributed by atoms with Gasteiger partial charge >= 0.3 is 0 Å². The third-order valence-electron chi connectivity index (χ3n) is 3.01. The Labute approximate surface area is 102 Å². The maximum absolute atomic E-state index is 11.9. The van der Waals surface area contributed by atoms with Gasteiger partial charge in [0.05, 0.1) is 12.7 Å². The Balaban J connectivity index is 1.79. The highest BCUT2D eigenvalue weighted by Gasteiger charge is 2.16. The second-order valence-corrected chi connectivity index (χ2v) is 4.39. The van der Waals surface area contributed by atoms with Crippen molar-refractivity contribution in [2.24, 2.45) is 0 Å². The van der Waals surface area contributed by atoms with Crippen molar-refractivity contribution in [3.8, 4) is 0 Å². The number of benzene rings is 1. The lowest BCUT2D eigenvalue weighted by Crippen LogP contribution is -2.18. The van der Waals surface area contributed by atoms with E-state index in [1.807, 2.05) is 31.2 Å². The molecule has 1 fully saturated rings. The second kappa shape index (κ2) is 5.94. The zero-order valence-electron chi connectivity index (χ0n) is 10.1. The predicted octanol–water partition coefficient (Wildman–Crippen LogP) is 2.37. The first-order valence-corrected chi connectivity index (χ1v) is 6.05. The summed E-state index contributed by atoms with van der Waals surface area (Å²) >= 11 is 0. The van der Waals surface area contributed by atoms with Gasteiger partial charge in [0.1, 0.15) is 6.61 Å². The van der Waals surface area contributed by atoms with E-state index in [1.165, 1.54) is 0 Å². The van der Waals surface area contributed by atoms with Crippen LogP contribution in [0.15, 0.2) is 24.3 Å². The molecule has 0 saturated carbocycles. The Bertz CT molecular complexity index is 381. The quantitative estimate of drug-likeness (QED) is 0.734. The third kappa shape index (κ3) is 3.38. The van der Waals surface area contributed by atoms with Crippen molar-refractivity contribution in [2.75, 3.05) is 19.8 Å². The number of ketones is 1. The van der Waals surface area contributed by atoms with Crippen LogP contribution in [0.3, 0.4) is 0 Å². The van der Waals surface area contributed by atoms with Crippen LogP contribution >= 0.6 is 0 Å². The van der Waals surface area contributed by atoms with Gasteiger partial charge in [0.2, 0.25) is 0 Å². The predicted molar refractivity (Wildman–Crippen MR) is 65.3 cm³/mol. The summed E-state index contributed by atoms with van der Waals surface area (Å²) in [7, 11) is 0. The fraction of sp³-hybridized carbons (Fsp3) is 0.500. The Morgan fingerprint density at radius 3 is 3.00 bits per heavy atom. The van der Waals surface area contributed by atoms with Crippen LogP contribution in [0.25, 0.3) is 0 Å². The van der Waals surface area contributed by atoms with E-state index in [0.29, 0.717) is 6.61 Å². The van der Waals surface area contributed by atoms with Gasteiger partial charge < -0.3 is 9.47 Å². The van der Waals surface area contributed by atoms with Crippen molar-refractivity contribution in [2.45, 2.75) is 25.9 Å². The standard InChI is InChI=1S/C14H18O3/c1-11-5-2-3-7-13(11)14(15)10-16-9-12-6-4-8-17-12/h2-3,5,7,12H,4,6,8-10H2,1H3. The van der Waals surface area contributed by atoms with Crippen LogP contribution in [0, 0.1) is 6.92 Å². The number of Topliss-reactive ketones (excluding diaryl/α,β-unsaturated/α-hetero) is 1. The van der Waals surface area contributed by atoms with Crippen LogP contribution in [0.4, 0.5) is 0 Å². The zero-order chi connectivity index (χ0) is 12.1. The molecule has 1 unspecified atom stereocenters. The highest BCUT2D eigenvalue weighted by atomic mass is 16.5. The monoisotopic (exact) mass is 234 g/mol. The molecule has 0 spiro atoms. The molecule has 1 atom stereocenters. The van der Waals surface area contributed by atoms with Crippen LogP contribution in [0.5, 0.6) is 0 Å². The fourth-order valence-corrected chi connectivity index (χ4v) is 2.02. The first kappa shape index (κ1) is 12.3. The van der Waals surface area contributed by atoms with Crippen LogP contribution in [-0.4, -0.2) is 31.7 Å². The molecular formula is C14H18O3. The van der Waals surface area contributed by atoms with Crippen LogP contribution in [-0.2, 0) is 9.47 Å². The zero-order valence-corrected chi connectivity index (χ0v) is 10.1. The summed E-state index contributed by atoms with van der Waals surface area (Å²) in [5.74, 6) is 0.0427. The topological polar surface area (TPSA) is 35.5 Å². The SMILES string of the molecule is Cc1ccccc1C(=O)COCC1CCCO1. The maximum Gasteiger partial charge on any atom is 0.188 e. The van der Waals surface area contributed by atoms with Gasteiger partial charge in [0.15, 0.2) is 5.78 Å². The molecule has 1 aliphatic rings. The van der Waals surface area contributed by atoms with E-state index in [2.05, 4.69) is 0 Å². The van der Waals surface area contributed by atoms with Crippen molar-refractivity contribution in [3.63, 3.8) is 0 Å². The molecule has 1 saturated heterocycles. The van der Waals surface area contributed by atoms with Crippen molar-refractivity contribution in [1.29, 1.82) is 0 Å². The van der Waals surface area contributed by atoms with Gasteiger partial charge in [-0.25, -0.2) is 0 Å². The Morgan fingerprint density at radius 2 is 2.29 bits per heavy atom. The molecule has 3 nitrogen and oxygen atoms in total. The molecule has 2 rings (SSSR count). The van der Waals surface area contributed by atoms with Crippen molar-refractivity contribution >= 4 is 5.78 Å². The molecule has 1 aromatic carbocycles. The number of ether oxygens (including phenoxy) is 2. The lowest BCUT2D eigenvalue weighted by atomic mass is 10.1. The number of aryl methyl sites for hydroxylation is 1. The first-order valence-electron chi connectivity index (χ1n) is 6.05. The Kier molecular flexibility index (Phi) is 4.29. The number of rotatable bonds is 5. The number of carbonyl (C=O) groups is 1. The summed E-state index contributed by atoms with van der Waals surface area (Å²) in [6, 6.07) is 7.58. The average Bonchev–Trinajstić information content (AvgIpc) is 2.82. The molecule has 0 aromatic heterocycles. The van der Waals surface area contributed by atoms with Crippen molar-refractivity contribution in [1.82, 2.24) is 0 Å². The van der Waals surface area contributed by atoms with Crippen LogP contribution in [0.2, 0.25) is 0 Å². The van der Waals surface area contributed by atoms with Crippen molar-refractivity contribution < 1.29 is 14.3 Å². The molecule has 17 heavy (non-hydrogen) atoms. The van der Waals surface area contributed by atoms with E-state index < -0.39 is 0 Å². The minimum Gasteiger partial charge on any atom is -0.376 e. The van der Waals surface area contributed by atoms with E-state index in [0.717, 1.165) is 30.6 Å². The lowest BCUT2D eigenvalue weighted by molar-refractivity contribution is 0.0190. The highest BCUT2D eigenvalue weighted by Crippen LogP contribution is 2.12. The smallest absolute Gasteiger partial charge is 0.188 e. The van der Waals surface area contributed by atoms with Gasteiger partial charge in [-0.2, -0.15) is 0 Å². The third-order valence-corrected chi connectivity index (χ3v) is 3.01. The summed E-state index contributed by atoms with van der Waals surface area (Å²) < 4.78 is 10.8. The van der Waals surface area contributed by atoms with E-state index >= 15 is 0 Å². The molecule has 1 aromatic rings. The van der Waals surface area contributed by atoms with E-state index in [9.17, 15) is 4.79 Å². The molecule has 3 heteroatoms. The summed E-state index contributed by atoms with van der Waals surface area (Å²) in [5.41, 5.74) is 1.75. The number of carbonyl (C=O) groups excluding carboxylic acids is 1. The Morgan fingerprint density at radius 1 is 1.47 bits per heavy atom. The molecule has 0 aliphatic carbocycles. The summed E-state index contributed by atoms with van der Waals surface area (Å²) in [5, 5.41) is 0. The largest absolute Gasteiger partial charge is 0.376 e. The van der Waals surface area contributed by atoms with Crippen molar-refractivity contribution in [3.05, 3.63) is 35.4 Å². The lowest BCUT2D eigenvalue weighted by Gasteiger charge is -2.10. The van der Waals surface area contributed by atoms with Gasteiger partial charge in [0.25, 0.3) is 0 Å². The molecule has 1 aliphatic heterocycles. The first-order chi connectivity index (χ1) is 8.27. The fourth-order valence-electron chi connectivity index (χ4n) is 2.02. The van der Waals surface area contributed by atoms with Gasteiger partial charge in [0, 0.05) is 12.2 Å². The molecular weight excluding hydrogens is 216 g/mol. The molecule has 0 amide bonds. The van der Waals surface area contributed by atoms with E-state index in [4.69, 9.17) is 9.47 Å².